The van der Waals surface area contributed by atoms with E-state index < -0.39 is 17.7 Å². The van der Waals surface area contributed by atoms with Crippen LogP contribution >= 0.6 is 0 Å². The molecule has 0 fully saturated rings. The van der Waals surface area contributed by atoms with Crippen molar-refractivity contribution in [1.29, 1.82) is 0 Å². The Morgan fingerprint density at radius 1 is 1.08 bits per heavy atom. The molecule has 4 rings (SSSR count). The highest BCUT2D eigenvalue weighted by atomic mass is 19.1. The third-order valence-corrected chi connectivity index (χ3v) is 5.23. The zero-order chi connectivity index (χ0) is 28.5. The van der Waals surface area contributed by atoms with Crippen molar-refractivity contribution >= 4 is 35.6 Å². The molecular weight excluding hydrogens is 507 g/mol. The molecule has 0 saturated carbocycles. The number of aromatic nitrogens is 6. The van der Waals surface area contributed by atoms with Crippen LogP contribution in [-0.2, 0) is 0 Å². The summed E-state index contributed by atoms with van der Waals surface area (Å²) in [5.41, 5.74) is 4.43. The lowest BCUT2D eigenvalue weighted by molar-refractivity contribution is 0.112. The molecule has 0 radical (unpaired) electrons. The summed E-state index contributed by atoms with van der Waals surface area (Å²) in [4.78, 5) is 17.2. The summed E-state index contributed by atoms with van der Waals surface area (Å²) in [5.74, 6) is -1.77. The Morgan fingerprint density at radius 2 is 1.79 bits per heavy atom. The zero-order valence-corrected chi connectivity index (χ0v) is 21.6. The third kappa shape index (κ3) is 6.83. The first-order valence-corrected chi connectivity index (χ1v) is 11.6. The molecule has 4 heterocycles. The Balaban J connectivity index is 0.000000353. The Morgan fingerprint density at radius 3 is 2.36 bits per heavy atom. The SMILES string of the molecule is C=Cn1nc(C(/C=C\C(=C)F)=C/C)c(-c2ccc3nc(NC)cn3n2)c1/C=C\C.O=Cc1cc(F)nc(F)c1. The molecule has 0 atom stereocenters. The van der Waals surface area contributed by atoms with Crippen molar-refractivity contribution in [3.63, 3.8) is 0 Å². The van der Waals surface area contributed by atoms with Crippen molar-refractivity contribution in [3.05, 3.63) is 103 Å². The Hall–Kier alpha value is -5.06. The summed E-state index contributed by atoms with van der Waals surface area (Å²) in [6.07, 6.45) is 12.5. The number of imidazole rings is 1. The second-order valence-corrected chi connectivity index (χ2v) is 7.82. The smallest absolute Gasteiger partial charge is 0.216 e. The average Bonchev–Trinajstić information content (AvgIpc) is 3.49. The van der Waals surface area contributed by atoms with Crippen LogP contribution in [0.2, 0.25) is 0 Å². The first-order chi connectivity index (χ1) is 18.7. The number of halogens is 3. The van der Waals surface area contributed by atoms with Crippen molar-refractivity contribution < 1.29 is 18.0 Å². The fraction of sp³-hybridized carbons (Fsp3) is 0.107. The van der Waals surface area contributed by atoms with Crippen LogP contribution in [0.3, 0.4) is 0 Å². The third-order valence-electron chi connectivity index (χ3n) is 5.23. The van der Waals surface area contributed by atoms with E-state index in [-0.39, 0.29) is 5.56 Å². The molecule has 0 spiro atoms. The Bertz CT molecular complexity index is 1590. The van der Waals surface area contributed by atoms with Crippen LogP contribution in [-0.4, -0.2) is 42.7 Å². The molecule has 1 N–H and O–H groups in total. The van der Waals surface area contributed by atoms with E-state index in [0.717, 1.165) is 40.4 Å². The summed E-state index contributed by atoms with van der Waals surface area (Å²) in [6, 6.07) is 5.51. The predicted molar refractivity (Wildman–Crippen MR) is 147 cm³/mol. The number of carbonyl (C=O) groups is 1. The van der Waals surface area contributed by atoms with Crippen LogP contribution in [0.25, 0.3) is 34.8 Å². The molecule has 200 valence electrons. The monoisotopic (exact) mass is 533 g/mol. The molecular formula is C28H26F3N7O. The van der Waals surface area contributed by atoms with Gasteiger partial charge in [-0.3, -0.25) is 4.79 Å². The van der Waals surface area contributed by atoms with Crippen molar-refractivity contribution in [3.8, 4) is 11.3 Å². The Labute approximate surface area is 223 Å². The number of allylic oxidation sites excluding steroid dienone is 6. The second kappa shape index (κ2) is 13.0. The number of nitrogens with one attached hydrogen (secondary N) is 1. The van der Waals surface area contributed by atoms with Crippen LogP contribution < -0.4 is 5.32 Å². The van der Waals surface area contributed by atoms with Gasteiger partial charge in [-0.1, -0.05) is 31.4 Å². The molecule has 39 heavy (non-hydrogen) atoms. The lowest BCUT2D eigenvalue weighted by Crippen LogP contribution is -1.96. The first kappa shape index (κ1) is 28.5. The summed E-state index contributed by atoms with van der Waals surface area (Å²) in [6.45, 7) is 10.9. The molecule has 8 nitrogen and oxygen atoms in total. The molecule has 0 aromatic carbocycles. The number of carbonyl (C=O) groups excluding carboxylic acids is 1. The van der Waals surface area contributed by atoms with E-state index in [4.69, 9.17) is 5.10 Å². The van der Waals surface area contributed by atoms with Gasteiger partial charge in [0.15, 0.2) is 5.65 Å². The molecule has 0 aliphatic rings. The minimum Gasteiger partial charge on any atom is -0.372 e. The summed E-state index contributed by atoms with van der Waals surface area (Å²) in [5, 5.41) is 12.4. The maximum Gasteiger partial charge on any atom is 0.216 e. The highest BCUT2D eigenvalue weighted by Gasteiger charge is 2.20. The first-order valence-electron chi connectivity index (χ1n) is 11.6. The van der Waals surface area contributed by atoms with E-state index in [1.807, 2.05) is 57.5 Å². The van der Waals surface area contributed by atoms with Gasteiger partial charge in [0.25, 0.3) is 0 Å². The topological polar surface area (TPSA) is 90.0 Å². The van der Waals surface area contributed by atoms with Crippen molar-refractivity contribution in [2.45, 2.75) is 13.8 Å². The number of aldehydes is 1. The van der Waals surface area contributed by atoms with Crippen LogP contribution in [0.4, 0.5) is 19.0 Å². The van der Waals surface area contributed by atoms with E-state index in [1.54, 1.807) is 21.5 Å². The quantitative estimate of drug-likeness (QED) is 0.161. The normalized spacial score (nSPS) is 11.6. The molecule has 11 heteroatoms. The van der Waals surface area contributed by atoms with E-state index in [0.29, 0.717) is 17.7 Å². The fourth-order valence-electron chi connectivity index (χ4n) is 3.54. The molecule has 0 aliphatic heterocycles. The maximum atomic E-state index is 13.2. The summed E-state index contributed by atoms with van der Waals surface area (Å²) >= 11 is 0. The number of hydrogen-bond donors (Lipinski definition) is 1. The van der Waals surface area contributed by atoms with E-state index in [2.05, 4.69) is 33.5 Å². The second-order valence-electron chi connectivity index (χ2n) is 7.82. The van der Waals surface area contributed by atoms with Gasteiger partial charge in [0.05, 0.1) is 23.1 Å². The molecule has 4 aromatic rings. The lowest BCUT2D eigenvalue weighted by atomic mass is 10.0. The van der Waals surface area contributed by atoms with Crippen molar-refractivity contribution in [2.75, 3.05) is 12.4 Å². The zero-order valence-electron chi connectivity index (χ0n) is 21.6. The van der Waals surface area contributed by atoms with Crippen LogP contribution in [0.5, 0.6) is 0 Å². The molecule has 4 aromatic heterocycles. The van der Waals surface area contributed by atoms with Crippen molar-refractivity contribution in [1.82, 2.24) is 29.4 Å². The number of nitrogens with zero attached hydrogens (tertiary/aromatic N) is 6. The number of anilines is 1. The number of rotatable bonds is 8. The van der Waals surface area contributed by atoms with Crippen LogP contribution in [0.15, 0.2) is 73.8 Å². The number of fused-ring (bicyclic) bond motifs is 1. The van der Waals surface area contributed by atoms with Gasteiger partial charge in [0.2, 0.25) is 11.9 Å². The van der Waals surface area contributed by atoms with E-state index >= 15 is 0 Å². The van der Waals surface area contributed by atoms with Crippen molar-refractivity contribution in [2.24, 2.45) is 0 Å². The molecule has 0 amide bonds. The number of pyridine rings is 1. The van der Waals surface area contributed by atoms with Gasteiger partial charge < -0.3 is 5.32 Å². The highest BCUT2D eigenvalue weighted by Crippen LogP contribution is 2.33. The van der Waals surface area contributed by atoms with Gasteiger partial charge in [0.1, 0.15) is 23.6 Å². The average molecular weight is 534 g/mol. The predicted octanol–water partition coefficient (Wildman–Crippen LogP) is 6.38. The molecule has 0 saturated heterocycles. The molecule has 0 aliphatic carbocycles. The van der Waals surface area contributed by atoms with Crippen LogP contribution in [0, 0.1) is 11.9 Å². The standard InChI is InChI=1S/C22H23FN6.C6H3F2NO/c1-6-9-18-21(17-12-13-20-25-19(24-5)14-29(20)26-17)22(27-28(18)8-3)16(7-2)11-10-15(4)23;7-5-1-4(3-10)2-6(8)9-5/h6-14,24H,3-4H2,1-2,5H3;1-3H/b9-6-,11-10-,16-7+;. The largest absolute Gasteiger partial charge is 0.372 e. The highest BCUT2D eigenvalue weighted by molar-refractivity contribution is 5.87. The summed E-state index contributed by atoms with van der Waals surface area (Å²) in [7, 11) is 1.81. The van der Waals surface area contributed by atoms with Gasteiger partial charge in [-0.25, -0.2) is 18.6 Å². The molecule has 0 unspecified atom stereocenters. The minimum absolute atomic E-state index is 0.0509. The number of hydrogen-bond acceptors (Lipinski definition) is 6. The van der Waals surface area contributed by atoms with Crippen LogP contribution in [0.1, 0.15) is 35.6 Å². The van der Waals surface area contributed by atoms with E-state index in [9.17, 15) is 18.0 Å². The lowest BCUT2D eigenvalue weighted by Gasteiger charge is -2.05. The maximum absolute atomic E-state index is 13.2. The van der Waals surface area contributed by atoms with Gasteiger partial charge in [-0.05, 0) is 43.7 Å². The van der Waals surface area contributed by atoms with Gasteiger partial charge in [-0.15, -0.1) is 0 Å². The van der Waals surface area contributed by atoms with Gasteiger partial charge in [-0.2, -0.15) is 24.0 Å². The minimum atomic E-state index is -0.984. The fourth-order valence-corrected chi connectivity index (χ4v) is 3.54. The van der Waals surface area contributed by atoms with Gasteiger partial charge >= 0.3 is 0 Å². The Kier molecular flexibility index (Phi) is 9.47. The van der Waals surface area contributed by atoms with E-state index in [1.165, 1.54) is 6.08 Å². The van der Waals surface area contributed by atoms with Gasteiger partial charge in [0, 0.05) is 30.9 Å². The summed E-state index contributed by atoms with van der Waals surface area (Å²) < 4.78 is 40.8. The molecule has 0 bridgehead atoms.